The summed E-state index contributed by atoms with van der Waals surface area (Å²) in [5.41, 5.74) is -0.249. The normalized spacial score (nSPS) is 20.3. The predicted molar refractivity (Wildman–Crippen MR) is 90.6 cm³/mol. The lowest BCUT2D eigenvalue weighted by Gasteiger charge is -2.39. The van der Waals surface area contributed by atoms with Gasteiger partial charge in [-0.1, -0.05) is 6.07 Å². The Morgan fingerprint density at radius 3 is 2.84 bits per heavy atom. The zero-order valence-corrected chi connectivity index (χ0v) is 13.9. The maximum Gasteiger partial charge on any atom is 0.227 e. The van der Waals surface area contributed by atoms with Crippen molar-refractivity contribution in [3.8, 4) is 5.75 Å². The quantitative estimate of drug-likeness (QED) is 0.903. The Morgan fingerprint density at radius 1 is 1.32 bits per heavy atom. The van der Waals surface area contributed by atoms with Gasteiger partial charge in [0.2, 0.25) is 5.91 Å². The fraction of sp³-hybridized carbons (Fsp3) is 0.368. The van der Waals surface area contributed by atoms with E-state index in [1.807, 2.05) is 6.07 Å². The fourth-order valence-electron chi connectivity index (χ4n) is 2.98. The van der Waals surface area contributed by atoms with Crippen LogP contribution < -0.4 is 4.74 Å². The summed E-state index contributed by atoms with van der Waals surface area (Å²) in [4.78, 5) is 18.2. The van der Waals surface area contributed by atoms with Crippen LogP contribution in [0, 0.1) is 5.82 Å². The van der Waals surface area contributed by atoms with E-state index < -0.39 is 5.60 Å². The van der Waals surface area contributed by atoms with Crippen LogP contribution in [0.15, 0.2) is 48.8 Å². The molecule has 0 radical (unpaired) electrons. The Kier molecular flexibility index (Phi) is 5.28. The van der Waals surface area contributed by atoms with Gasteiger partial charge >= 0.3 is 0 Å². The first-order valence-corrected chi connectivity index (χ1v) is 8.32. The largest absolute Gasteiger partial charge is 0.491 e. The summed E-state index contributed by atoms with van der Waals surface area (Å²) in [5, 5.41) is 10.8. The van der Waals surface area contributed by atoms with Crippen molar-refractivity contribution in [2.75, 3.05) is 19.7 Å². The zero-order chi connectivity index (χ0) is 17.7. The molecule has 1 unspecified atom stereocenters. The fourth-order valence-corrected chi connectivity index (χ4v) is 2.98. The molecule has 1 aliphatic rings. The average Bonchev–Trinajstić information content (AvgIpc) is 2.62. The third-order valence-corrected chi connectivity index (χ3v) is 4.31. The maximum absolute atomic E-state index is 12.9. The predicted octanol–water partition coefficient (Wildman–Crippen LogP) is 2.20. The van der Waals surface area contributed by atoms with E-state index in [1.54, 1.807) is 23.4 Å². The van der Waals surface area contributed by atoms with Crippen LogP contribution in [0.5, 0.6) is 5.75 Å². The molecule has 2 aromatic rings. The van der Waals surface area contributed by atoms with Crippen LogP contribution in [0.25, 0.3) is 0 Å². The molecule has 6 heteroatoms. The van der Waals surface area contributed by atoms with Crippen molar-refractivity contribution in [1.82, 2.24) is 9.88 Å². The highest BCUT2D eigenvalue weighted by molar-refractivity contribution is 5.78. The Bertz CT molecular complexity index is 708. The van der Waals surface area contributed by atoms with Crippen LogP contribution in [0.3, 0.4) is 0 Å². The molecule has 1 N–H and O–H groups in total. The third-order valence-electron chi connectivity index (χ3n) is 4.31. The van der Waals surface area contributed by atoms with E-state index in [4.69, 9.17) is 4.74 Å². The van der Waals surface area contributed by atoms with Crippen molar-refractivity contribution in [1.29, 1.82) is 0 Å². The summed E-state index contributed by atoms with van der Waals surface area (Å²) in [6.45, 7) is 0.917. The number of nitrogens with zero attached hydrogens (tertiary/aromatic N) is 2. The van der Waals surface area contributed by atoms with Gasteiger partial charge in [0.25, 0.3) is 0 Å². The van der Waals surface area contributed by atoms with Crippen molar-refractivity contribution < 1.29 is 19.0 Å². The third kappa shape index (κ3) is 4.76. The summed E-state index contributed by atoms with van der Waals surface area (Å²) < 4.78 is 18.5. The highest BCUT2D eigenvalue weighted by Crippen LogP contribution is 2.23. The molecule has 1 aromatic heterocycles. The number of halogens is 1. The van der Waals surface area contributed by atoms with Gasteiger partial charge in [0, 0.05) is 18.9 Å². The van der Waals surface area contributed by atoms with E-state index in [1.165, 1.54) is 24.3 Å². The van der Waals surface area contributed by atoms with Gasteiger partial charge in [-0.2, -0.15) is 0 Å². The van der Waals surface area contributed by atoms with E-state index in [0.29, 0.717) is 25.1 Å². The lowest BCUT2D eigenvalue weighted by molar-refractivity contribution is -0.139. The molecule has 1 aromatic carbocycles. The van der Waals surface area contributed by atoms with Gasteiger partial charge in [0.05, 0.1) is 13.0 Å². The molecule has 3 rings (SSSR count). The van der Waals surface area contributed by atoms with E-state index in [2.05, 4.69) is 4.98 Å². The Morgan fingerprint density at radius 2 is 2.12 bits per heavy atom. The van der Waals surface area contributed by atoms with Crippen molar-refractivity contribution in [2.24, 2.45) is 0 Å². The van der Waals surface area contributed by atoms with E-state index in [-0.39, 0.29) is 31.3 Å². The average molecular weight is 344 g/mol. The Labute approximate surface area is 146 Å². The van der Waals surface area contributed by atoms with E-state index >= 15 is 0 Å². The van der Waals surface area contributed by atoms with Gasteiger partial charge in [-0.15, -0.1) is 0 Å². The van der Waals surface area contributed by atoms with Crippen LogP contribution in [0.2, 0.25) is 0 Å². The van der Waals surface area contributed by atoms with Crippen LogP contribution in [0.1, 0.15) is 18.4 Å². The monoisotopic (exact) mass is 344 g/mol. The van der Waals surface area contributed by atoms with Crippen molar-refractivity contribution >= 4 is 5.91 Å². The van der Waals surface area contributed by atoms with Crippen LogP contribution >= 0.6 is 0 Å². The maximum atomic E-state index is 12.9. The zero-order valence-electron chi connectivity index (χ0n) is 13.9. The number of rotatable bonds is 5. The van der Waals surface area contributed by atoms with Gasteiger partial charge in [-0.25, -0.2) is 4.39 Å². The lowest BCUT2D eigenvalue weighted by atomic mass is 9.93. The number of ether oxygens (including phenoxy) is 1. The lowest BCUT2D eigenvalue weighted by Crippen LogP contribution is -2.53. The second-order valence-corrected chi connectivity index (χ2v) is 6.42. The number of benzene rings is 1. The minimum Gasteiger partial charge on any atom is -0.491 e. The van der Waals surface area contributed by atoms with Gasteiger partial charge in [0.15, 0.2) is 0 Å². The molecule has 132 valence electrons. The minimum absolute atomic E-state index is 0.0343. The summed E-state index contributed by atoms with van der Waals surface area (Å²) in [7, 11) is 0. The number of aliphatic hydroxyl groups is 1. The standard InChI is InChI=1S/C19H21FN2O3/c20-16-4-6-17(7-5-16)25-14-19(24)8-2-10-22(13-19)18(23)11-15-3-1-9-21-12-15/h1,3-7,9,12,24H,2,8,10-11,13-14H2. The number of hydrogen-bond acceptors (Lipinski definition) is 4. The molecule has 0 aliphatic carbocycles. The number of piperidine rings is 1. The Hall–Kier alpha value is -2.47. The van der Waals surface area contributed by atoms with Gasteiger partial charge in [-0.3, -0.25) is 9.78 Å². The summed E-state index contributed by atoms with van der Waals surface area (Å²) in [5.74, 6) is 0.123. The molecule has 1 saturated heterocycles. The molecule has 1 amide bonds. The molecule has 1 aliphatic heterocycles. The van der Waals surface area contributed by atoms with E-state index in [9.17, 15) is 14.3 Å². The van der Waals surface area contributed by atoms with Crippen LogP contribution in [0.4, 0.5) is 4.39 Å². The molecule has 0 bridgehead atoms. The smallest absolute Gasteiger partial charge is 0.227 e. The molecule has 2 heterocycles. The number of β-amino-alcohol motifs (C(OH)–C–C–N with tert-alkyl or cyclic N) is 1. The second-order valence-electron chi connectivity index (χ2n) is 6.42. The number of likely N-dealkylation sites (tertiary alicyclic amines) is 1. The highest BCUT2D eigenvalue weighted by atomic mass is 19.1. The summed E-state index contributed by atoms with van der Waals surface area (Å²) in [6, 6.07) is 9.32. The highest BCUT2D eigenvalue weighted by Gasteiger charge is 2.36. The number of hydrogen-bond donors (Lipinski definition) is 1. The van der Waals surface area contributed by atoms with Crippen LogP contribution in [-0.2, 0) is 11.2 Å². The minimum atomic E-state index is -1.10. The molecular weight excluding hydrogens is 323 g/mol. The topological polar surface area (TPSA) is 62.7 Å². The van der Waals surface area contributed by atoms with Gasteiger partial charge < -0.3 is 14.7 Å². The molecule has 1 fully saturated rings. The number of carbonyl (C=O) groups is 1. The Balaban J connectivity index is 1.57. The number of carbonyl (C=O) groups excluding carboxylic acids is 1. The molecule has 1 atom stereocenters. The van der Waals surface area contributed by atoms with Crippen molar-refractivity contribution in [3.63, 3.8) is 0 Å². The van der Waals surface area contributed by atoms with Gasteiger partial charge in [-0.05, 0) is 48.7 Å². The molecule has 0 spiro atoms. The number of amides is 1. The van der Waals surface area contributed by atoms with Crippen LogP contribution in [-0.4, -0.2) is 46.2 Å². The molecule has 25 heavy (non-hydrogen) atoms. The molecular formula is C19H21FN2O3. The molecule has 0 saturated carbocycles. The summed E-state index contributed by atoms with van der Waals surface area (Å²) in [6.07, 6.45) is 4.88. The summed E-state index contributed by atoms with van der Waals surface area (Å²) >= 11 is 0. The van der Waals surface area contributed by atoms with E-state index in [0.717, 1.165) is 5.56 Å². The molecule has 5 nitrogen and oxygen atoms in total. The number of aromatic nitrogens is 1. The van der Waals surface area contributed by atoms with Crippen molar-refractivity contribution in [3.05, 3.63) is 60.2 Å². The SMILES string of the molecule is O=C(Cc1cccnc1)N1CCCC(O)(COc2ccc(F)cc2)C1. The van der Waals surface area contributed by atoms with Gasteiger partial charge in [0.1, 0.15) is 23.8 Å². The first-order valence-electron chi connectivity index (χ1n) is 8.32. The van der Waals surface area contributed by atoms with Crippen molar-refractivity contribution in [2.45, 2.75) is 24.9 Å². The second kappa shape index (κ2) is 7.61. The first kappa shape index (κ1) is 17.4. The first-order chi connectivity index (χ1) is 12.0. The number of pyridine rings is 1.